The lowest BCUT2D eigenvalue weighted by atomic mass is 9.45. The molecule has 2 aliphatic carbocycles. The first-order valence-electron chi connectivity index (χ1n) is 9.09. The van der Waals surface area contributed by atoms with Crippen molar-refractivity contribution in [3.8, 4) is 0 Å². The van der Waals surface area contributed by atoms with E-state index in [0.29, 0.717) is 17.2 Å². The molecule has 6 atom stereocenters. The Morgan fingerprint density at radius 3 is 2.39 bits per heavy atom. The molecule has 3 heteroatoms. The highest BCUT2D eigenvalue weighted by Gasteiger charge is 2.59. The fraction of sp³-hybridized carbons (Fsp3) is 0.900. The van der Waals surface area contributed by atoms with Crippen LogP contribution in [-0.4, -0.2) is 26.2 Å². The lowest BCUT2D eigenvalue weighted by Crippen LogP contribution is -2.59. The maximum absolute atomic E-state index is 11.1. The van der Waals surface area contributed by atoms with E-state index in [-0.39, 0.29) is 16.7 Å². The molecule has 2 saturated carbocycles. The Labute approximate surface area is 150 Å². The van der Waals surface area contributed by atoms with Crippen LogP contribution >= 0.6 is 15.9 Å². The van der Waals surface area contributed by atoms with Crippen LogP contribution in [0, 0.1) is 22.7 Å². The highest BCUT2D eigenvalue weighted by atomic mass is 79.9. The first-order valence-corrected chi connectivity index (χ1v) is 10.0. The van der Waals surface area contributed by atoms with Crippen LogP contribution in [0.1, 0.15) is 73.1 Å². The van der Waals surface area contributed by atoms with Crippen LogP contribution in [0.2, 0.25) is 0 Å². The number of aliphatic hydroxyl groups is 2. The largest absolute Gasteiger partial charge is 0.390 e. The van der Waals surface area contributed by atoms with Gasteiger partial charge in [0.1, 0.15) is 0 Å². The summed E-state index contributed by atoms with van der Waals surface area (Å²) < 4.78 is 0. The van der Waals surface area contributed by atoms with Crippen LogP contribution in [-0.2, 0) is 0 Å². The Morgan fingerprint density at radius 2 is 1.83 bits per heavy atom. The third-order valence-electron chi connectivity index (χ3n) is 7.30. The molecule has 0 aromatic rings. The van der Waals surface area contributed by atoms with E-state index >= 15 is 0 Å². The van der Waals surface area contributed by atoms with E-state index in [9.17, 15) is 10.2 Å². The van der Waals surface area contributed by atoms with E-state index in [1.165, 1.54) is 0 Å². The molecule has 1 unspecified atom stereocenters. The molecule has 2 fully saturated rings. The Morgan fingerprint density at radius 1 is 1.22 bits per heavy atom. The number of fused-ring (bicyclic) bond motifs is 1. The van der Waals surface area contributed by atoms with E-state index in [0.717, 1.165) is 32.1 Å². The zero-order chi connectivity index (χ0) is 17.7. The average molecular weight is 387 g/mol. The highest BCUT2D eigenvalue weighted by Crippen LogP contribution is 2.64. The molecule has 0 radical (unpaired) electrons. The van der Waals surface area contributed by atoms with Gasteiger partial charge in [0.2, 0.25) is 0 Å². The third-order valence-corrected chi connectivity index (χ3v) is 8.94. The van der Waals surface area contributed by atoms with Gasteiger partial charge >= 0.3 is 0 Å². The second-order valence-corrected chi connectivity index (χ2v) is 10.5. The Bertz CT molecular complexity index is 455. The topological polar surface area (TPSA) is 40.5 Å². The van der Waals surface area contributed by atoms with Gasteiger partial charge in [0.05, 0.1) is 11.2 Å². The minimum Gasteiger partial charge on any atom is -0.390 e. The van der Waals surface area contributed by atoms with Crippen molar-refractivity contribution in [2.24, 2.45) is 22.7 Å². The van der Waals surface area contributed by atoms with Crippen molar-refractivity contribution in [1.82, 2.24) is 0 Å². The summed E-state index contributed by atoms with van der Waals surface area (Å²) in [6.07, 6.45) is 7.40. The molecule has 2 N–H and O–H groups in total. The van der Waals surface area contributed by atoms with Gasteiger partial charge in [0, 0.05) is 4.83 Å². The van der Waals surface area contributed by atoms with E-state index in [1.54, 1.807) is 6.08 Å². The zero-order valence-corrected chi connectivity index (χ0v) is 17.1. The number of hydrogen-bond donors (Lipinski definition) is 2. The first-order chi connectivity index (χ1) is 10.4. The van der Waals surface area contributed by atoms with Crippen LogP contribution in [0.15, 0.2) is 12.7 Å². The van der Waals surface area contributed by atoms with E-state index in [1.807, 2.05) is 13.8 Å². The predicted molar refractivity (Wildman–Crippen MR) is 101 cm³/mol. The number of rotatable bonds is 4. The molecule has 134 valence electrons. The monoisotopic (exact) mass is 386 g/mol. The van der Waals surface area contributed by atoms with Gasteiger partial charge in [0.15, 0.2) is 0 Å². The molecule has 0 amide bonds. The zero-order valence-electron chi connectivity index (χ0n) is 15.5. The van der Waals surface area contributed by atoms with Gasteiger partial charge in [-0.15, -0.1) is 6.58 Å². The fourth-order valence-electron chi connectivity index (χ4n) is 5.67. The summed E-state index contributed by atoms with van der Waals surface area (Å²) in [7, 11) is 0. The predicted octanol–water partition coefficient (Wildman–Crippen LogP) is 5.07. The molecule has 0 spiro atoms. The van der Waals surface area contributed by atoms with Gasteiger partial charge in [-0.3, -0.25) is 0 Å². The molecule has 0 saturated heterocycles. The quantitative estimate of drug-likeness (QED) is 0.522. The van der Waals surface area contributed by atoms with Gasteiger partial charge in [0.25, 0.3) is 0 Å². The molecule has 0 heterocycles. The maximum atomic E-state index is 11.1. The SMILES string of the molecule is C=CC(C)(O)CC[C@@H]1[C@@]2(C)CC[C@H](Br)C(C)(C)[C@@H]2CC[C@@]1(C)O. The van der Waals surface area contributed by atoms with Crippen LogP contribution in [0.25, 0.3) is 0 Å². The number of alkyl halides is 1. The molecule has 0 aliphatic heterocycles. The molecule has 2 nitrogen and oxygen atoms in total. The normalized spacial score (nSPS) is 45.8. The van der Waals surface area contributed by atoms with Gasteiger partial charge < -0.3 is 10.2 Å². The standard InChI is InChI=1S/C20H35BrO2/c1-7-18(4,22)11-8-15-19(5)12-10-16(21)17(2,3)14(19)9-13-20(15,6)23/h7,14-16,22-23H,1,8-13H2,2-6H3/t14-,15+,16-,18?,19-,20+/m0/s1. The summed E-state index contributed by atoms with van der Waals surface area (Å²) >= 11 is 3.91. The molecule has 2 aliphatic rings. The van der Waals surface area contributed by atoms with Crippen molar-refractivity contribution in [2.75, 3.05) is 0 Å². The number of halogens is 1. The second-order valence-electron chi connectivity index (χ2n) is 9.43. The van der Waals surface area contributed by atoms with Crippen LogP contribution in [0.4, 0.5) is 0 Å². The maximum Gasteiger partial charge on any atom is 0.0797 e. The molecule has 0 bridgehead atoms. The lowest BCUT2D eigenvalue weighted by molar-refractivity contribution is -0.169. The first kappa shape index (κ1) is 19.5. The van der Waals surface area contributed by atoms with Crippen molar-refractivity contribution < 1.29 is 10.2 Å². The van der Waals surface area contributed by atoms with Crippen molar-refractivity contribution >= 4 is 15.9 Å². The van der Waals surface area contributed by atoms with Crippen LogP contribution in [0.3, 0.4) is 0 Å². The second kappa shape index (κ2) is 6.14. The van der Waals surface area contributed by atoms with E-state index in [4.69, 9.17) is 0 Å². The summed E-state index contributed by atoms with van der Waals surface area (Å²) in [4.78, 5) is 0.549. The van der Waals surface area contributed by atoms with E-state index < -0.39 is 11.2 Å². The lowest BCUT2D eigenvalue weighted by Gasteiger charge is -2.62. The van der Waals surface area contributed by atoms with Crippen molar-refractivity contribution in [3.63, 3.8) is 0 Å². The Kier molecular flexibility index (Phi) is 5.20. The molecule has 23 heavy (non-hydrogen) atoms. The molecular formula is C20H35BrO2. The highest BCUT2D eigenvalue weighted by molar-refractivity contribution is 9.09. The van der Waals surface area contributed by atoms with Crippen LogP contribution < -0.4 is 0 Å². The summed E-state index contributed by atoms with van der Waals surface area (Å²) in [5, 5.41) is 21.5. The van der Waals surface area contributed by atoms with Crippen molar-refractivity contribution in [3.05, 3.63) is 12.7 Å². The minimum atomic E-state index is -0.846. The Hall–Kier alpha value is 0.140. The molecule has 0 aromatic heterocycles. The van der Waals surface area contributed by atoms with Gasteiger partial charge in [-0.2, -0.15) is 0 Å². The molecular weight excluding hydrogens is 352 g/mol. The molecule has 2 rings (SSSR count). The minimum absolute atomic E-state index is 0.132. The van der Waals surface area contributed by atoms with Crippen molar-refractivity contribution in [2.45, 2.75) is 89.2 Å². The summed E-state index contributed by atoms with van der Waals surface area (Å²) in [5.41, 5.74) is -1.12. The van der Waals surface area contributed by atoms with Crippen molar-refractivity contribution in [1.29, 1.82) is 0 Å². The number of hydrogen-bond acceptors (Lipinski definition) is 2. The molecule has 0 aromatic carbocycles. The summed E-state index contributed by atoms with van der Waals surface area (Å²) in [6, 6.07) is 0. The van der Waals surface area contributed by atoms with E-state index in [2.05, 4.69) is 43.3 Å². The summed E-state index contributed by atoms with van der Waals surface area (Å²) in [6.45, 7) is 14.7. The van der Waals surface area contributed by atoms with Crippen LogP contribution in [0.5, 0.6) is 0 Å². The summed E-state index contributed by atoms with van der Waals surface area (Å²) in [5.74, 6) is 0.825. The third kappa shape index (κ3) is 3.43. The average Bonchev–Trinajstić information content (AvgIpc) is 2.42. The Balaban J connectivity index is 2.31. The smallest absolute Gasteiger partial charge is 0.0797 e. The van der Waals surface area contributed by atoms with Gasteiger partial charge in [-0.1, -0.05) is 42.8 Å². The fourth-order valence-corrected chi connectivity index (χ4v) is 6.22. The van der Waals surface area contributed by atoms with Gasteiger partial charge in [-0.25, -0.2) is 0 Å². The van der Waals surface area contributed by atoms with Gasteiger partial charge in [-0.05, 0) is 75.0 Å².